The first-order valence-corrected chi connectivity index (χ1v) is 7.16. The summed E-state index contributed by atoms with van der Waals surface area (Å²) in [5, 5.41) is 12.9. The zero-order chi connectivity index (χ0) is 16.8. The molecule has 1 N–H and O–H groups in total. The molecule has 1 heterocycles. The minimum atomic E-state index is -0.784. The molecular formula is C14H12N2O6S. The van der Waals surface area contributed by atoms with Crippen LogP contribution in [0.3, 0.4) is 0 Å². The maximum atomic E-state index is 11.7. The van der Waals surface area contributed by atoms with Crippen LogP contribution in [0, 0.1) is 10.1 Å². The van der Waals surface area contributed by atoms with Gasteiger partial charge in [-0.15, -0.1) is 0 Å². The van der Waals surface area contributed by atoms with Crippen molar-refractivity contribution in [2.45, 2.75) is 0 Å². The molecule has 1 amide bonds. The van der Waals surface area contributed by atoms with Crippen molar-refractivity contribution < 1.29 is 24.0 Å². The number of carbonyl (C=O) groups excluding carboxylic acids is 2. The van der Waals surface area contributed by atoms with Crippen LogP contribution in [-0.4, -0.2) is 30.5 Å². The van der Waals surface area contributed by atoms with Gasteiger partial charge in [-0.3, -0.25) is 14.9 Å². The van der Waals surface area contributed by atoms with Gasteiger partial charge >= 0.3 is 11.0 Å². The molecule has 9 heteroatoms. The highest BCUT2D eigenvalue weighted by molar-refractivity contribution is 7.17. The van der Waals surface area contributed by atoms with Gasteiger partial charge in [-0.25, -0.2) is 4.79 Å². The highest BCUT2D eigenvalue weighted by atomic mass is 32.1. The average Bonchev–Trinajstić information content (AvgIpc) is 3.03. The van der Waals surface area contributed by atoms with Gasteiger partial charge in [0.2, 0.25) is 0 Å². The number of anilines is 1. The fourth-order valence-corrected chi connectivity index (χ4v) is 2.32. The van der Waals surface area contributed by atoms with E-state index in [9.17, 15) is 19.7 Å². The molecule has 0 unspecified atom stereocenters. The highest BCUT2D eigenvalue weighted by Crippen LogP contribution is 2.24. The summed E-state index contributed by atoms with van der Waals surface area (Å²) >= 11 is 0.690. The van der Waals surface area contributed by atoms with E-state index in [-0.39, 0.29) is 9.88 Å². The monoisotopic (exact) mass is 336 g/mol. The van der Waals surface area contributed by atoms with E-state index in [1.165, 1.54) is 19.2 Å². The maximum Gasteiger partial charge on any atom is 0.349 e. The topological polar surface area (TPSA) is 108 Å². The third-order valence-electron chi connectivity index (χ3n) is 2.68. The summed E-state index contributed by atoms with van der Waals surface area (Å²) in [6.45, 7) is -0.490. The van der Waals surface area contributed by atoms with Crippen molar-refractivity contribution in [3.8, 4) is 5.75 Å². The lowest BCUT2D eigenvalue weighted by molar-refractivity contribution is -0.380. The van der Waals surface area contributed by atoms with Gasteiger partial charge in [0.05, 0.1) is 12.0 Å². The third-order valence-corrected chi connectivity index (χ3v) is 3.70. The van der Waals surface area contributed by atoms with Gasteiger partial charge in [0.15, 0.2) is 6.61 Å². The summed E-state index contributed by atoms with van der Waals surface area (Å²) in [4.78, 5) is 33.4. The van der Waals surface area contributed by atoms with Crippen molar-refractivity contribution in [1.29, 1.82) is 0 Å². The van der Waals surface area contributed by atoms with Crippen molar-refractivity contribution in [2.24, 2.45) is 0 Å². The number of esters is 1. The molecule has 0 radical (unpaired) electrons. The smallest absolute Gasteiger partial charge is 0.349 e. The molecule has 2 aromatic rings. The Morgan fingerprint density at radius 2 is 1.91 bits per heavy atom. The number of amides is 1. The van der Waals surface area contributed by atoms with Crippen molar-refractivity contribution in [3.63, 3.8) is 0 Å². The lowest BCUT2D eigenvalue weighted by Crippen LogP contribution is -2.20. The Morgan fingerprint density at radius 3 is 2.48 bits per heavy atom. The second-order valence-corrected chi connectivity index (χ2v) is 5.31. The van der Waals surface area contributed by atoms with Crippen molar-refractivity contribution in [1.82, 2.24) is 0 Å². The molecule has 0 saturated carbocycles. The Bertz CT molecular complexity index is 725. The second kappa shape index (κ2) is 7.36. The third kappa shape index (κ3) is 4.51. The number of hydrogen-bond acceptors (Lipinski definition) is 7. The normalized spacial score (nSPS) is 9.96. The van der Waals surface area contributed by atoms with E-state index in [0.717, 1.165) is 0 Å². The molecule has 1 aromatic heterocycles. The first-order chi connectivity index (χ1) is 11.0. The van der Waals surface area contributed by atoms with E-state index >= 15 is 0 Å². The Kier molecular flexibility index (Phi) is 5.26. The van der Waals surface area contributed by atoms with E-state index in [1.807, 2.05) is 0 Å². The number of carbonyl (C=O) groups is 2. The molecule has 0 aliphatic heterocycles. The molecule has 23 heavy (non-hydrogen) atoms. The first kappa shape index (κ1) is 16.4. The van der Waals surface area contributed by atoms with Crippen molar-refractivity contribution in [3.05, 3.63) is 51.4 Å². The summed E-state index contributed by atoms with van der Waals surface area (Å²) in [5.41, 5.74) is 0.526. The number of nitrogens with one attached hydrogen (secondary N) is 1. The van der Waals surface area contributed by atoms with Gasteiger partial charge in [0.25, 0.3) is 5.91 Å². The van der Waals surface area contributed by atoms with Crippen LogP contribution >= 0.6 is 11.3 Å². The molecule has 8 nitrogen and oxygen atoms in total. The predicted molar refractivity (Wildman–Crippen MR) is 82.9 cm³/mol. The maximum absolute atomic E-state index is 11.7. The van der Waals surface area contributed by atoms with Crippen molar-refractivity contribution in [2.75, 3.05) is 19.0 Å². The zero-order valence-corrected chi connectivity index (χ0v) is 12.8. The van der Waals surface area contributed by atoms with E-state index < -0.39 is 23.4 Å². The molecule has 1 aromatic carbocycles. The average molecular weight is 336 g/mol. The van der Waals surface area contributed by atoms with Crippen molar-refractivity contribution >= 4 is 33.9 Å². The molecule has 0 aliphatic carbocycles. The number of nitro groups is 1. The summed E-state index contributed by atoms with van der Waals surface area (Å²) in [6.07, 6.45) is 0. The number of benzene rings is 1. The van der Waals surface area contributed by atoms with Crippen LogP contribution in [0.25, 0.3) is 0 Å². The number of rotatable bonds is 6. The Balaban J connectivity index is 1.85. The molecule has 2 rings (SSSR count). The Morgan fingerprint density at radius 1 is 1.22 bits per heavy atom. The second-order valence-electron chi connectivity index (χ2n) is 4.25. The fraction of sp³-hybridized carbons (Fsp3) is 0.143. The van der Waals surface area contributed by atoms with Crippen LogP contribution < -0.4 is 10.1 Å². The van der Waals surface area contributed by atoms with Crippen LogP contribution in [0.2, 0.25) is 0 Å². The van der Waals surface area contributed by atoms with Gasteiger partial charge in [0, 0.05) is 11.8 Å². The number of ether oxygens (including phenoxy) is 2. The number of methoxy groups -OCH3 is 1. The summed E-state index contributed by atoms with van der Waals surface area (Å²) < 4.78 is 9.80. The Labute approximate surface area is 134 Å². The molecule has 0 aliphatic rings. The van der Waals surface area contributed by atoms with Gasteiger partial charge in [-0.1, -0.05) is 11.3 Å². The lowest BCUT2D eigenvalue weighted by atomic mass is 10.3. The van der Waals surface area contributed by atoms with Crippen LogP contribution in [0.5, 0.6) is 5.75 Å². The standard InChI is InChI=1S/C14H12N2O6S/c1-21-10-4-2-9(3-5-10)15-12(17)8-22-14(18)11-6-7-13(23-11)16(19)20/h2-7H,8H2,1H3,(H,15,17). The quantitative estimate of drug-likeness (QED) is 0.493. The first-order valence-electron chi connectivity index (χ1n) is 6.35. The fourth-order valence-electron chi connectivity index (χ4n) is 1.61. The van der Waals surface area contributed by atoms with Gasteiger partial charge in [-0.2, -0.15) is 0 Å². The molecular weight excluding hydrogens is 324 g/mol. The van der Waals surface area contributed by atoms with Crippen LogP contribution in [0.4, 0.5) is 10.7 Å². The molecule has 0 bridgehead atoms. The summed E-state index contributed by atoms with van der Waals surface area (Å²) in [5.74, 6) is -0.656. The van der Waals surface area contributed by atoms with Gasteiger partial charge in [0.1, 0.15) is 10.6 Å². The minimum absolute atomic E-state index is 0.0638. The minimum Gasteiger partial charge on any atom is -0.497 e. The largest absolute Gasteiger partial charge is 0.497 e. The predicted octanol–water partition coefficient (Wildman–Crippen LogP) is 2.46. The van der Waals surface area contributed by atoms with Gasteiger partial charge < -0.3 is 14.8 Å². The number of nitrogens with zero attached hydrogens (tertiary/aromatic N) is 1. The molecule has 0 atom stereocenters. The van der Waals surface area contributed by atoms with E-state index in [2.05, 4.69) is 5.32 Å². The highest BCUT2D eigenvalue weighted by Gasteiger charge is 2.17. The summed E-state index contributed by atoms with van der Waals surface area (Å²) in [7, 11) is 1.53. The zero-order valence-electron chi connectivity index (χ0n) is 12.0. The van der Waals surface area contributed by atoms with E-state index in [4.69, 9.17) is 9.47 Å². The van der Waals surface area contributed by atoms with E-state index in [0.29, 0.717) is 22.8 Å². The van der Waals surface area contributed by atoms with E-state index in [1.54, 1.807) is 24.3 Å². The lowest BCUT2D eigenvalue weighted by Gasteiger charge is -2.06. The molecule has 0 fully saturated rings. The van der Waals surface area contributed by atoms with Crippen LogP contribution in [0.1, 0.15) is 9.67 Å². The van der Waals surface area contributed by atoms with Crippen LogP contribution in [-0.2, 0) is 9.53 Å². The summed E-state index contributed by atoms with van der Waals surface area (Å²) in [6, 6.07) is 9.12. The molecule has 0 saturated heterocycles. The molecule has 120 valence electrons. The van der Waals surface area contributed by atoms with Crippen LogP contribution in [0.15, 0.2) is 36.4 Å². The SMILES string of the molecule is COc1ccc(NC(=O)COC(=O)c2ccc([N+](=O)[O-])s2)cc1. The van der Waals surface area contributed by atoms with Gasteiger partial charge in [-0.05, 0) is 30.3 Å². The molecule has 0 spiro atoms. The number of thiophene rings is 1. The number of hydrogen-bond donors (Lipinski definition) is 1. The Hall–Kier alpha value is -2.94.